The number of rotatable bonds is 3. The van der Waals surface area contributed by atoms with Gasteiger partial charge in [-0.1, -0.05) is 6.07 Å². The molecule has 0 aromatic carbocycles. The van der Waals surface area contributed by atoms with Crippen LogP contribution in [0.4, 0.5) is 5.69 Å². The maximum atomic E-state index is 11.7. The van der Waals surface area contributed by atoms with Crippen molar-refractivity contribution in [1.82, 2.24) is 0 Å². The zero-order chi connectivity index (χ0) is 11.5. The Kier molecular flexibility index (Phi) is 3.02. The molecule has 16 heavy (non-hydrogen) atoms. The van der Waals surface area contributed by atoms with Crippen LogP contribution in [0.15, 0.2) is 29.0 Å². The summed E-state index contributed by atoms with van der Waals surface area (Å²) >= 11 is 2.40. The molecular formula is C10H7NO3S2. The monoisotopic (exact) mass is 253 g/mol. The number of hydrogen-bond donors (Lipinski definition) is 2. The molecule has 0 radical (unpaired) electrons. The lowest BCUT2D eigenvalue weighted by Crippen LogP contribution is -2.11. The number of hydrogen-bond acceptors (Lipinski definition) is 4. The Balaban J connectivity index is 2.18. The molecular weight excluding hydrogens is 246 g/mol. The molecule has 0 spiro atoms. The first-order valence-corrected chi connectivity index (χ1v) is 6.10. The van der Waals surface area contributed by atoms with Crippen molar-refractivity contribution in [3.8, 4) is 0 Å². The van der Waals surface area contributed by atoms with Gasteiger partial charge in [0.15, 0.2) is 0 Å². The molecule has 2 aromatic heterocycles. The molecule has 2 heterocycles. The lowest BCUT2D eigenvalue weighted by Gasteiger charge is -2.01. The van der Waals surface area contributed by atoms with Gasteiger partial charge in [-0.15, -0.1) is 22.7 Å². The predicted molar refractivity (Wildman–Crippen MR) is 63.6 cm³/mol. The average Bonchev–Trinajstić information content (AvgIpc) is 2.86. The Morgan fingerprint density at radius 1 is 1.19 bits per heavy atom. The Morgan fingerprint density at radius 2 is 2.00 bits per heavy atom. The average molecular weight is 253 g/mol. The van der Waals surface area contributed by atoms with Crippen LogP contribution in [0.3, 0.4) is 0 Å². The van der Waals surface area contributed by atoms with E-state index in [0.29, 0.717) is 10.6 Å². The third kappa shape index (κ3) is 2.12. The van der Waals surface area contributed by atoms with Gasteiger partial charge in [0.2, 0.25) is 0 Å². The van der Waals surface area contributed by atoms with Gasteiger partial charge in [0.1, 0.15) is 4.88 Å². The van der Waals surface area contributed by atoms with Crippen LogP contribution in [0.1, 0.15) is 19.3 Å². The summed E-state index contributed by atoms with van der Waals surface area (Å²) in [4.78, 5) is 23.2. The number of aromatic carboxylic acids is 1. The van der Waals surface area contributed by atoms with Gasteiger partial charge in [-0.25, -0.2) is 4.79 Å². The second kappa shape index (κ2) is 4.46. The maximum Gasteiger partial charge on any atom is 0.348 e. The summed E-state index contributed by atoms with van der Waals surface area (Å²) in [6.07, 6.45) is 0. The summed E-state index contributed by atoms with van der Waals surface area (Å²) in [5.41, 5.74) is 0.343. The van der Waals surface area contributed by atoms with E-state index in [2.05, 4.69) is 5.32 Å². The molecule has 0 saturated heterocycles. The Morgan fingerprint density at radius 3 is 2.62 bits per heavy atom. The highest BCUT2D eigenvalue weighted by atomic mass is 32.1. The lowest BCUT2D eigenvalue weighted by molar-refractivity contribution is 0.0703. The van der Waals surface area contributed by atoms with Crippen LogP contribution >= 0.6 is 22.7 Å². The summed E-state index contributed by atoms with van der Waals surface area (Å²) in [6, 6.07) is 5.04. The molecule has 2 rings (SSSR count). The molecule has 0 bridgehead atoms. The van der Waals surface area contributed by atoms with Crippen molar-refractivity contribution in [2.75, 3.05) is 5.32 Å². The first kappa shape index (κ1) is 10.8. The maximum absolute atomic E-state index is 11.7. The second-order valence-corrected chi connectivity index (χ2v) is 4.76. The summed E-state index contributed by atoms with van der Waals surface area (Å²) in [5, 5.41) is 14.9. The van der Waals surface area contributed by atoms with Crippen molar-refractivity contribution >= 4 is 40.2 Å². The van der Waals surface area contributed by atoms with Gasteiger partial charge in [0.05, 0.1) is 10.6 Å². The predicted octanol–water partition coefficient (Wildman–Crippen LogP) is 2.76. The number of thiophene rings is 2. The topological polar surface area (TPSA) is 66.4 Å². The largest absolute Gasteiger partial charge is 0.477 e. The smallest absolute Gasteiger partial charge is 0.348 e. The molecule has 2 aromatic rings. The highest BCUT2D eigenvalue weighted by Crippen LogP contribution is 2.23. The highest BCUT2D eigenvalue weighted by molar-refractivity contribution is 7.13. The Bertz CT molecular complexity index is 516. The van der Waals surface area contributed by atoms with Crippen LogP contribution in [0, 0.1) is 0 Å². The molecule has 6 heteroatoms. The molecule has 0 saturated carbocycles. The number of carbonyl (C=O) groups excluding carboxylic acids is 1. The molecule has 1 amide bonds. The summed E-state index contributed by atoms with van der Waals surface area (Å²) < 4.78 is 0. The lowest BCUT2D eigenvalue weighted by atomic mass is 10.3. The number of carboxylic acid groups (broad SMARTS) is 1. The number of carbonyl (C=O) groups is 2. The molecule has 0 unspecified atom stereocenters. The Labute approximate surface area is 99.2 Å². The SMILES string of the molecule is O=C(Nc1ccsc1C(=O)O)c1cccs1. The van der Waals surface area contributed by atoms with E-state index in [-0.39, 0.29) is 10.8 Å². The minimum atomic E-state index is -1.03. The van der Waals surface area contributed by atoms with Gasteiger partial charge >= 0.3 is 5.97 Å². The quantitative estimate of drug-likeness (QED) is 0.883. The fraction of sp³-hybridized carbons (Fsp3) is 0. The van der Waals surface area contributed by atoms with Crippen molar-refractivity contribution in [3.05, 3.63) is 38.7 Å². The fourth-order valence-electron chi connectivity index (χ4n) is 1.16. The van der Waals surface area contributed by atoms with Crippen LogP contribution in [-0.4, -0.2) is 17.0 Å². The zero-order valence-corrected chi connectivity index (χ0v) is 9.60. The third-order valence-electron chi connectivity index (χ3n) is 1.85. The van der Waals surface area contributed by atoms with E-state index in [4.69, 9.17) is 5.11 Å². The molecule has 0 atom stereocenters. The van der Waals surface area contributed by atoms with Crippen molar-refractivity contribution in [2.45, 2.75) is 0 Å². The van der Waals surface area contributed by atoms with Crippen molar-refractivity contribution in [3.63, 3.8) is 0 Å². The second-order valence-electron chi connectivity index (χ2n) is 2.90. The van der Waals surface area contributed by atoms with Crippen LogP contribution in [-0.2, 0) is 0 Å². The molecule has 82 valence electrons. The third-order valence-corrected chi connectivity index (χ3v) is 3.62. The number of anilines is 1. The summed E-state index contributed by atoms with van der Waals surface area (Å²) in [7, 11) is 0. The van der Waals surface area contributed by atoms with Gasteiger partial charge in [-0.05, 0) is 22.9 Å². The van der Waals surface area contributed by atoms with Gasteiger partial charge in [0.25, 0.3) is 5.91 Å². The van der Waals surface area contributed by atoms with E-state index in [1.165, 1.54) is 11.3 Å². The standard InChI is InChI=1S/C10H7NO3S2/c12-9(7-2-1-4-15-7)11-6-3-5-16-8(6)10(13)14/h1-5H,(H,11,12)(H,13,14). The molecule has 0 aliphatic heterocycles. The van der Waals surface area contributed by atoms with E-state index in [1.807, 2.05) is 0 Å². The van der Waals surface area contributed by atoms with E-state index in [0.717, 1.165) is 11.3 Å². The summed E-state index contributed by atoms with van der Waals surface area (Å²) in [5.74, 6) is -1.31. The normalized spacial score (nSPS) is 10.0. The van der Waals surface area contributed by atoms with Crippen LogP contribution in [0.5, 0.6) is 0 Å². The van der Waals surface area contributed by atoms with Gasteiger partial charge in [0, 0.05) is 0 Å². The molecule has 0 aliphatic rings. The molecule has 0 aliphatic carbocycles. The van der Waals surface area contributed by atoms with E-state index < -0.39 is 5.97 Å². The number of amides is 1. The van der Waals surface area contributed by atoms with Crippen molar-refractivity contribution in [2.24, 2.45) is 0 Å². The first-order chi connectivity index (χ1) is 7.68. The van der Waals surface area contributed by atoms with Crippen LogP contribution < -0.4 is 5.32 Å². The van der Waals surface area contributed by atoms with Crippen molar-refractivity contribution in [1.29, 1.82) is 0 Å². The molecule has 2 N–H and O–H groups in total. The van der Waals surface area contributed by atoms with Gasteiger partial charge in [-0.2, -0.15) is 0 Å². The van der Waals surface area contributed by atoms with E-state index >= 15 is 0 Å². The van der Waals surface area contributed by atoms with Crippen molar-refractivity contribution < 1.29 is 14.7 Å². The molecule has 0 fully saturated rings. The minimum absolute atomic E-state index is 0.143. The Hall–Kier alpha value is -1.66. The van der Waals surface area contributed by atoms with Gasteiger partial charge < -0.3 is 10.4 Å². The highest BCUT2D eigenvalue weighted by Gasteiger charge is 2.15. The van der Waals surface area contributed by atoms with Crippen LogP contribution in [0.25, 0.3) is 0 Å². The number of nitrogens with one attached hydrogen (secondary N) is 1. The zero-order valence-electron chi connectivity index (χ0n) is 7.97. The van der Waals surface area contributed by atoms with Gasteiger partial charge in [-0.3, -0.25) is 4.79 Å². The van der Waals surface area contributed by atoms with E-state index in [9.17, 15) is 9.59 Å². The number of carboxylic acids is 1. The van der Waals surface area contributed by atoms with E-state index in [1.54, 1.807) is 29.0 Å². The van der Waals surface area contributed by atoms with Crippen LogP contribution in [0.2, 0.25) is 0 Å². The fourth-order valence-corrected chi connectivity index (χ4v) is 2.47. The first-order valence-electron chi connectivity index (χ1n) is 4.34. The minimum Gasteiger partial charge on any atom is -0.477 e. The summed E-state index contributed by atoms with van der Waals surface area (Å²) in [6.45, 7) is 0. The molecule has 4 nitrogen and oxygen atoms in total.